The van der Waals surface area contributed by atoms with Gasteiger partial charge in [0, 0.05) is 29.9 Å². The van der Waals surface area contributed by atoms with Gasteiger partial charge in [-0.1, -0.05) is 19.9 Å². The Balaban J connectivity index is 1.74. The van der Waals surface area contributed by atoms with Crippen molar-refractivity contribution in [1.82, 2.24) is 0 Å². The zero-order chi connectivity index (χ0) is 28.9. The van der Waals surface area contributed by atoms with Crippen LogP contribution in [0.1, 0.15) is 46.5 Å². The Bertz CT molecular complexity index is 901. The topological polar surface area (TPSA) is 181 Å². The summed E-state index contributed by atoms with van der Waals surface area (Å²) in [5.41, 5.74) is 0.717. The van der Waals surface area contributed by atoms with Gasteiger partial charge in [0.2, 0.25) is 6.29 Å². The molecule has 0 unspecified atom stereocenters. The molecular formula is C27H42O12. The van der Waals surface area contributed by atoms with Crippen molar-refractivity contribution in [2.24, 2.45) is 23.7 Å². The van der Waals surface area contributed by atoms with Crippen molar-refractivity contribution in [2.75, 3.05) is 20.3 Å². The Morgan fingerprint density at radius 2 is 1.85 bits per heavy atom. The predicted octanol–water partition coefficient (Wildman–Crippen LogP) is 0.145. The summed E-state index contributed by atoms with van der Waals surface area (Å²) >= 11 is 0. The van der Waals surface area contributed by atoms with E-state index < -0.39 is 73.5 Å². The fourth-order valence-electron chi connectivity index (χ4n) is 5.50. The van der Waals surface area contributed by atoms with Crippen LogP contribution in [0.4, 0.5) is 0 Å². The van der Waals surface area contributed by atoms with Crippen LogP contribution in [0.25, 0.3) is 0 Å². The van der Waals surface area contributed by atoms with Gasteiger partial charge in [0.05, 0.1) is 25.6 Å². The summed E-state index contributed by atoms with van der Waals surface area (Å²) < 4.78 is 27.8. The van der Waals surface area contributed by atoms with Gasteiger partial charge in [-0.2, -0.15) is 0 Å². The maximum absolute atomic E-state index is 12.9. The fourth-order valence-corrected chi connectivity index (χ4v) is 5.50. The summed E-state index contributed by atoms with van der Waals surface area (Å²) in [6.45, 7) is 5.07. The third-order valence-electron chi connectivity index (χ3n) is 8.04. The van der Waals surface area contributed by atoms with E-state index >= 15 is 0 Å². The van der Waals surface area contributed by atoms with Crippen molar-refractivity contribution in [3.8, 4) is 0 Å². The Morgan fingerprint density at radius 3 is 2.49 bits per heavy atom. The van der Waals surface area contributed by atoms with Gasteiger partial charge in [0.15, 0.2) is 6.29 Å². The number of fused-ring (bicyclic) bond motifs is 1. The van der Waals surface area contributed by atoms with E-state index in [9.17, 15) is 30.0 Å². The number of hydrogen-bond acceptors (Lipinski definition) is 12. The number of carbonyl (C=O) groups is 2. The van der Waals surface area contributed by atoms with Crippen LogP contribution in [0.15, 0.2) is 23.5 Å². The smallest absolute Gasteiger partial charge is 0.337 e. The molecule has 1 saturated heterocycles. The largest absolute Gasteiger partial charge is 0.472 e. The molecule has 3 rings (SSSR count). The molecular weight excluding hydrogens is 516 g/mol. The van der Waals surface area contributed by atoms with Gasteiger partial charge in [0.25, 0.3) is 0 Å². The van der Waals surface area contributed by atoms with Gasteiger partial charge >= 0.3 is 11.9 Å². The van der Waals surface area contributed by atoms with Crippen LogP contribution < -0.4 is 0 Å². The second-order valence-corrected chi connectivity index (χ2v) is 10.7. The Morgan fingerprint density at radius 1 is 1.13 bits per heavy atom. The molecule has 2 heterocycles. The van der Waals surface area contributed by atoms with Gasteiger partial charge < -0.3 is 49.2 Å². The van der Waals surface area contributed by atoms with E-state index in [0.717, 1.165) is 6.42 Å². The highest BCUT2D eigenvalue weighted by Crippen LogP contribution is 2.48. The van der Waals surface area contributed by atoms with E-state index in [1.54, 1.807) is 6.92 Å². The van der Waals surface area contributed by atoms with Crippen molar-refractivity contribution in [3.63, 3.8) is 0 Å². The van der Waals surface area contributed by atoms with Crippen LogP contribution in [0.3, 0.4) is 0 Å². The maximum Gasteiger partial charge on any atom is 0.337 e. The van der Waals surface area contributed by atoms with E-state index in [4.69, 9.17) is 28.8 Å². The third-order valence-corrected chi connectivity index (χ3v) is 8.04. The number of rotatable bonds is 11. The molecule has 0 bridgehead atoms. The van der Waals surface area contributed by atoms with Crippen molar-refractivity contribution in [1.29, 1.82) is 0 Å². The van der Waals surface area contributed by atoms with Gasteiger partial charge in [-0.3, -0.25) is 0 Å². The van der Waals surface area contributed by atoms with Crippen molar-refractivity contribution in [2.45, 2.75) is 89.6 Å². The minimum atomic E-state index is -1.63. The number of aliphatic hydroxyl groups excluding tert-OH is 5. The first-order valence-electron chi connectivity index (χ1n) is 13.4. The average Bonchev–Trinajstić information content (AvgIpc) is 3.24. The standard InChI is InChI=1S/C27H42O12/c1-13(8-9-28)6-5-7-14(2)24(33)37-18-10-16-17(25(34)35-4)12-36-26(20(16)15(18)3)39-27-23(32)22(31)21(30)19(11-29)38-27/h7,12-13,15-16,18-23,26-32H,5-6,8-11H2,1-4H3/b14-7+/t13-,15-,16+,18-,19+,20+,21+,22-,23+,26-,27-/m0/s1. The Labute approximate surface area is 228 Å². The summed E-state index contributed by atoms with van der Waals surface area (Å²) in [6, 6.07) is 0. The molecule has 0 aromatic rings. The van der Waals surface area contributed by atoms with Gasteiger partial charge in [-0.25, -0.2) is 9.59 Å². The summed E-state index contributed by atoms with van der Waals surface area (Å²) in [6.07, 6.45) is -3.51. The quantitative estimate of drug-likeness (QED) is 0.171. The molecule has 39 heavy (non-hydrogen) atoms. The Hall–Kier alpha value is -2.06. The number of carbonyl (C=O) groups excluding carboxylic acids is 2. The lowest BCUT2D eigenvalue weighted by Crippen LogP contribution is -2.60. The van der Waals surface area contributed by atoms with Gasteiger partial charge in [-0.15, -0.1) is 0 Å². The molecule has 12 heteroatoms. The first-order chi connectivity index (χ1) is 18.5. The maximum atomic E-state index is 12.9. The van der Waals surface area contributed by atoms with E-state index in [2.05, 4.69) is 0 Å². The van der Waals surface area contributed by atoms with E-state index in [1.807, 2.05) is 19.9 Å². The van der Waals surface area contributed by atoms with Crippen molar-refractivity contribution >= 4 is 11.9 Å². The lowest BCUT2D eigenvalue weighted by Gasteiger charge is -2.43. The third kappa shape index (κ3) is 7.18. The minimum Gasteiger partial charge on any atom is -0.472 e. The number of esters is 2. The van der Waals surface area contributed by atoms with Crippen LogP contribution in [0.2, 0.25) is 0 Å². The lowest BCUT2D eigenvalue weighted by atomic mass is 9.83. The van der Waals surface area contributed by atoms with E-state index in [1.165, 1.54) is 13.4 Å². The molecule has 0 amide bonds. The van der Waals surface area contributed by atoms with Crippen LogP contribution in [-0.2, 0) is 33.3 Å². The number of ether oxygens (including phenoxy) is 5. The van der Waals surface area contributed by atoms with Gasteiger partial charge in [0.1, 0.15) is 30.5 Å². The minimum absolute atomic E-state index is 0.126. The number of allylic oxidation sites excluding steroid dienone is 1. The first-order valence-corrected chi connectivity index (χ1v) is 13.4. The lowest BCUT2D eigenvalue weighted by molar-refractivity contribution is -0.342. The molecule has 2 aliphatic heterocycles. The van der Waals surface area contributed by atoms with Crippen LogP contribution >= 0.6 is 0 Å². The number of methoxy groups -OCH3 is 1. The zero-order valence-electron chi connectivity index (χ0n) is 22.8. The summed E-state index contributed by atoms with van der Waals surface area (Å²) in [4.78, 5) is 25.4. The second kappa shape index (κ2) is 14.0. The molecule has 0 spiro atoms. The van der Waals surface area contributed by atoms with E-state index in [0.29, 0.717) is 30.8 Å². The monoisotopic (exact) mass is 558 g/mol. The van der Waals surface area contributed by atoms with Crippen LogP contribution in [0, 0.1) is 23.7 Å². The van der Waals surface area contributed by atoms with Gasteiger partial charge in [-0.05, 0) is 38.5 Å². The second-order valence-electron chi connectivity index (χ2n) is 10.7. The molecule has 1 aliphatic carbocycles. The first kappa shape index (κ1) is 31.5. The number of aliphatic hydroxyl groups is 5. The van der Waals surface area contributed by atoms with Crippen molar-refractivity contribution < 1.29 is 58.8 Å². The molecule has 3 aliphatic rings. The SMILES string of the molecule is COC(=O)C1=CO[C@@H](O[C@@H]2O[C@H](CO)[C@@H](O)[C@H](O)[C@H]2O)[C@@H]2[C@@H](C)[C@@H](OC(=O)/C(C)=C/CC[C@H](C)CCO)C[C@H]12. The van der Waals surface area contributed by atoms with Crippen LogP contribution in [-0.4, -0.2) is 101 Å². The highest BCUT2D eigenvalue weighted by atomic mass is 16.8. The molecule has 0 aromatic heterocycles. The highest BCUT2D eigenvalue weighted by molar-refractivity contribution is 5.89. The number of hydrogen-bond donors (Lipinski definition) is 5. The molecule has 0 aromatic carbocycles. The summed E-state index contributed by atoms with van der Waals surface area (Å²) in [5.74, 6) is -2.06. The normalized spacial score (nSPS) is 37.4. The molecule has 222 valence electrons. The fraction of sp³-hybridized carbons (Fsp3) is 0.778. The molecule has 2 fully saturated rings. The summed E-state index contributed by atoms with van der Waals surface area (Å²) in [5, 5.41) is 49.2. The molecule has 1 saturated carbocycles. The average molecular weight is 559 g/mol. The van der Waals surface area contributed by atoms with Crippen molar-refractivity contribution in [3.05, 3.63) is 23.5 Å². The molecule has 11 atom stereocenters. The molecule has 0 radical (unpaired) electrons. The zero-order valence-corrected chi connectivity index (χ0v) is 22.8. The molecule has 12 nitrogen and oxygen atoms in total. The molecule has 5 N–H and O–H groups in total. The van der Waals surface area contributed by atoms with Crippen LogP contribution in [0.5, 0.6) is 0 Å². The Kier molecular flexibility index (Phi) is 11.3. The highest BCUT2D eigenvalue weighted by Gasteiger charge is 2.54. The summed E-state index contributed by atoms with van der Waals surface area (Å²) in [7, 11) is 1.25. The van der Waals surface area contributed by atoms with E-state index in [-0.39, 0.29) is 18.1 Å². The predicted molar refractivity (Wildman–Crippen MR) is 134 cm³/mol.